The van der Waals surface area contributed by atoms with Gasteiger partial charge in [0.1, 0.15) is 0 Å². The van der Waals surface area contributed by atoms with Crippen LogP contribution in [-0.2, 0) is 14.8 Å². The molecule has 1 amide bonds. The number of sulfonamides is 1. The third kappa shape index (κ3) is 3.82. The SMILES string of the molecule is O=C(C1CCNCC1)N1CCN(S(=O)(=O)c2ccc(Br)cc2)CC1. The van der Waals surface area contributed by atoms with E-state index in [4.69, 9.17) is 0 Å². The van der Waals surface area contributed by atoms with Crippen LogP contribution in [0, 0.1) is 5.92 Å². The highest BCUT2D eigenvalue weighted by atomic mass is 79.9. The van der Waals surface area contributed by atoms with Crippen LogP contribution in [0.3, 0.4) is 0 Å². The molecule has 1 aromatic rings. The molecule has 0 saturated carbocycles. The van der Waals surface area contributed by atoms with E-state index in [0.29, 0.717) is 31.1 Å². The molecule has 0 radical (unpaired) electrons. The number of piperazine rings is 1. The van der Waals surface area contributed by atoms with Gasteiger partial charge in [-0.15, -0.1) is 0 Å². The monoisotopic (exact) mass is 415 g/mol. The van der Waals surface area contributed by atoms with Crippen molar-refractivity contribution in [3.63, 3.8) is 0 Å². The predicted molar refractivity (Wildman–Crippen MR) is 95.1 cm³/mol. The summed E-state index contributed by atoms with van der Waals surface area (Å²) in [5.41, 5.74) is 0. The maximum Gasteiger partial charge on any atom is 0.243 e. The van der Waals surface area contributed by atoms with E-state index in [1.165, 1.54) is 4.31 Å². The molecule has 24 heavy (non-hydrogen) atoms. The predicted octanol–water partition coefficient (Wildman–Crippen LogP) is 1.28. The third-order valence-electron chi connectivity index (χ3n) is 4.69. The minimum Gasteiger partial charge on any atom is -0.340 e. The second kappa shape index (κ2) is 7.51. The fourth-order valence-electron chi connectivity index (χ4n) is 3.23. The van der Waals surface area contributed by atoms with Gasteiger partial charge in [-0.3, -0.25) is 4.79 Å². The average molecular weight is 416 g/mol. The van der Waals surface area contributed by atoms with Gasteiger partial charge >= 0.3 is 0 Å². The van der Waals surface area contributed by atoms with Crippen LogP contribution in [0.25, 0.3) is 0 Å². The molecular formula is C16H22BrN3O3S. The first kappa shape index (κ1) is 17.8. The molecule has 0 unspecified atom stereocenters. The lowest BCUT2D eigenvalue weighted by Crippen LogP contribution is -2.52. The summed E-state index contributed by atoms with van der Waals surface area (Å²) in [4.78, 5) is 14.7. The highest BCUT2D eigenvalue weighted by Gasteiger charge is 2.32. The molecule has 0 atom stereocenters. The van der Waals surface area contributed by atoms with E-state index in [1.54, 1.807) is 24.3 Å². The van der Waals surface area contributed by atoms with Gasteiger partial charge in [0.25, 0.3) is 0 Å². The smallest absolute Gasteiger partial charge is 0.243 e. The molecule has 0 spiro atoms. The molecule has 0 bridgehead atoms. The molecule has 3 rings (SSSR count). The Morgan fingerprint density at radius 1 is 1.04 bits per heavy atom. The number of nitrogens with one attached hydrogen (secondary N) is 1. The Morgan fingerprint density at radius 2 is 1.62 bits per heavy atom. The Bertz CT molecular complexity index is 679. The van der Waals surface area contributed by atoms with Crippen molar-refractivity contribution in [3.8, 4) is 0 Å². The van der Waals surface area contributed by atoms with Gasteiger partial charge in [0.15, 0.2) is 0 Å². The normalized spacial score (nSPS) is 21.0. The van der Waals surface area contributed by atoms with Crippen molar-refractivity contribution in [1.82, 2.24) is 14.5 Å². The second-order valence-corrected chi connectivity index (χ2v) is 9.06. The summed E-state index contributed by atoms with van der Waals surface area (Å²) in [6.07, 6.45) is 1.74. The van der Waals surface area contributed by atoms with Gasteiger partial charge in [-0.2, -0.15) is 4.31 Å². The number of carbonyl (C=O) groups is 1. The Morgan fingerprint density at radius 3 is 2.21 bits per heavy atom. The second-order valence-electron chi connectivity index (χ2n) is 6.21. The summed E-state index contributed by atoms with van der Waals surface area (Å²) < 4.78 is 27.7. The van der Waals surface area contributed by atoms with E-state index in [0.717, 1.165) is 30.4 Å². The largest absolute Gasteiger partial charge is 0.340 e. The number of benzene rings is 1. The van der Waals surface area contributed by atoms with Gasteiger partial charge in [0.05, 0.1) is 4.90 Å². The standard InChI is InChI=1S/C16H22BrN3O3S/c17-14-1-3-15(4-2-14)24(22,23)20-11-9-19(10-12-20)16(21)13-5-7-18-8-6-13/h1-4,13,18H,5-12H2. The average Bonchev–Trinajstić information content (AvgIpc) is 2.62. The van der Waals surface area contributed by atoms with Crippen LogP contribution in [0.15, 0.2) is 33.6 Å². The summed E-state index contributed by atoms with van der Waals surface area (Å²) in [7, 11) is -3.49. The molecule has 1 aromatic carbocycles. The number of amides is 1. The third-order valence-corrected chi connectivity index (χ3v) is 7.13. The number of nitrogens with zero attached hydrogens (tertiary/aromatic N) is 2. The van der Waals surface area contributed by atoms with Crippen molar-refractivity contribution in [1.29, 1.82) is 0 Å². The van der Waals surface area contributed by atoms with Gasteiger partial charge < -0.3 is 10.2 Å². The van der Waals surface area contributed by atoms with Crippen molar-refractivity contribution in [2.45, 2.75) is 17.7 Å². The number of piperidine rings is 1. The molecule has 0 aromatic heterocycles. The molecule has 2 aliphatic heterocycles. The highest BCUT2D eigenvalue weighted by Crippen LogP contribution is 2.21. The molecule has 2 fully saturated rings. The van der Waals surface area contributed by atoms with Crippen LogP contribution in [0.2, 0.25) is 0 Å². The van der Waals surface area contributed by atoms with Crippen molar-refractivity contribution in [2.24, 2.45) is 5.92 Å². The maximum absolute atomic E-state index is 12.7. The van der Waals surface area contributed by atoms with Crippen LogP contribution >= 0.6 is 15.9 Å². The maximum atomic E-state index is 12.7. The lowest BCUT2D eigenvalue weighted by Gasteiger charge is -2.36. The summed E-state index contributed by atoms with van der Waals surface area (Å²) in [6.45, 7) is 3.42. The van der Waals surface area contributed by atoms with Gasteiger partial charge in [-0.05, 0) is 50.2 Å². The summed E-state index contributed by atoms with van der Waals surface area (Å²) in [5, 5.41) is 3.26. The van der Waals surface area contributed by atoms with E-state index >= 15 is 0 Å². The van der Waals surface area contributed by atoms with E-state index < -0.39 is 10.0 Å². The number of hydrogen-bond acceptors (Lipinski definition) is 4. The zero-order valence-electron chi connectivity index (χ0n) is 13.4. The zero-order chi connectivity index (χ0) is 17.2. The van der Waals surface area contributed by atoms with Crippen LogP contribution in [0.1, 0.15) is 12.8 Å². The fourth-order valence-corrected chi connectivity index (χ4v) is 4.92. The first-order chi connectivity index (χ1) is 11.5. The van der Waals surface area contributed by atoms with E-state index in [-0.39, 0.29) is 11.8 Å². The van der Waals surface area contributed by atoms with Gasteiger partial charge in [0, 0.05) is 36.6 Å². The van der Waals surface area contributed by atoms with Crippen molar-refractivity contribution in [3.05, 3.63) is 28.7 Å². The molecule has 1 N–H and O–H groups in total. The zero-order valence-corrected chi connectivity index (χ0v) is 15.9. The van der Waals surface area contributed by atoms with Gasteiger partial charge in [-0.25, -0.2) is 8.42 Å². The fraction of sp³-hybridized carbons (Fsp3) is 0.562. The quantitative estimate of drug-likeness (QED) is 0.806. The number of hydrogen-bond donors (Lipinski definition) is 1. The lowest BCUT2D eigenvalue weighted by molar-refractivity contribution is -0.137. The first-order valence-corrected chi connectivity index (χ1v) is 10.5. The molecule has 2 aliphatic rings. The van der Waals surface area contributed by atoms with Gasteiger partial charge in [0.2, 0.25) is 15.9 Å². The Labute approximate surface area is 151 Å². The molecule has 8 heteroatoms. The van der Waals surface area contributed by atoms with Crippen LogP contribution in [0.5, 0.6) is 0 Å². The highest BCUT2D eigenvalue weighted by molar-refractivity contribution is 9.10. The molecular weight excluding hydrogens is 394 g/mol. The van der Waals surface area contributed by atoms with Crippen LogP contribution < -0.4 is 5.32 Å². The Balaban J connectivity index is 1.62. The molecule has 2 heterocycles. The van der Waals surface area contributed by atoms with Crippen molar-refractivity contribution in [2.75, 3.05) is 39.3 Å². The van der Waals surface area contributed by atoms with E-state index in [1.807, 2.05) is 4.90 Å². The number of rotatable bonds is 3. The number of halogens is 1. The van der Waals surface area contributed by atoms with Crippen molar-refractivity contribution < 1.29 is 13.2 Å². The topological polar surface area (TPSA) is 69.7 Å². The Kier molecular flexibility index (Phi) is 5.59. The summed E-state index contributed by atoms with van der Waals surface area (Å²) in [6, 6.07) is 6.66. The summed E-state index contributed by atoms with van der Waals surface area (Å²) in [5.74, 6) is 0.262. The minimum absolute atomic E-state index is 0.0841. The molecule has 0 aliphatic carbocycles. The molecule has 2 saturated heterocycles. The van der Waals surface area contributed by atoms with Gasteiger partial charge in [-0.1, -0.05) is 15.9 Å². The van der Waals surface area contributed by atoms with E-state index in [2.05, 4.69) is 21.2 Å². The van der Waals surface area contributed by atoms with Crippen LogP contribution in [0.4, 0.5) is 0 Å². The van der Waals surface area contributed by atoms with E-state index in [9.17, 15) is 13.2 Å². The number of carbonyl (C=O) groups excluding carboxylic acids is 1. The van der Waals surface area contributed by atoms with Crippen molar-refractivity contribution >= 4 is 31.9 Å². The molecule has 132 valence electrons. The Hall–Kier alpha value is -0.960. The lowest BCUT2D eigenvalue weighted by atomic mass is 9.96. The first-order valence-electron chi connectivity index (χ1n) is 8.24. The molecule has 6 nitrogen and oxygen atoms in total. The minimum atomic E-state index is -3.49. The summed E-state index contributed by atoms with van der Waals surface area (Å²) >= 11 is 3.31. The van der Waals surface area contributed by atoms with Crippen LogP contribution in [-0.4, -0.2) is 62.8 Å².